The molecule has 0 saturated carbocycles. The predicted octanol–water partition coefficient (Wildman–Crippen LogP) is 4.41. The number of hydrogen-bond acceptors (Lipinski definition) is 4. The summed E-state index contributed by atoms with van der Waals surface area (Å²) in [6.45, 7) is 2.60. The van der Waals surface area contributed by atoms with Gasteiger partial charge in [0.25, 0.3) is 0 Å². The van der Waals surface area contributed by atoms with E-state index in [1.807, 2.05) is 36.1 Å². The number of hydrogen-bond donors (Lipinski definition) is 2. The number of ether oxygens (including phenoxy) is 1. The molecule has 35 heavy (non-hydrogen) atoms. The second kappa shape index (κ2) is 9.72. The predicted molar refractivity (Wildman–Crippen MR) is 131 cm³/mol. The molecule has 2 heterocycles. The first kappa shape index (κ1) is 23.4. The Morgan fingerprint density at radius 3 is 2.31 bits per heavy atom. The number of aliphatic carboxylic acids is 1. The highest BCUT2D eigenvalue weighted by atomic mass is 16.5. The largest absolute Gasteiger partial charge is 0.481 e. The van der Waals surface area contributed by atoms with E-state index in [2.05, 4.69) is 29.6 Å². The molecule has 2 bridgehead atoms. The first-order valence-corrected chi connectivity index (χ1v) is 12.6. The Kier molecular flexibility index (Phi) is 6.50. The number of fused-ring (bicyclic) bond motifs is 5. The fourth-order valence-corrected chi connectivity index (χ4v) is 6.23. The highest BCUT2D eigenvalue weighted by Crippen LogP contribution is 2.45. The Morgan fingerprint density at radius 2 is 1.71 bits per heavy atom. The van der Waals surface area contributed by atoms with Crippen LogP contribution < -0.4 is 5.32 Å². The van der Waals surface area contributed by atoms with Crippen molar-refractivity contribution in [1.29, 1.82) is 0 Å². The van der Waals surface area contributed by atoms with E-state index in [4.69, 9.17) is 4.74 Å². The standard InChI is InChI=1S/C28H32N2O5/c1-2-17(13-26(31)30-18-11-12-25(30)23(14-18)27(32)33)15-29-28(34)35-16-24-21-9-5-3-7-19(21)20-8-4-6-10-22(20)24/h3-10,17-18,23-25H,2,11-16H2,1H3,(H,29,34)(H,32,33)/t17?,18-,23+,25+/m1/s1. The normalized spacial score (nSPS) is 23.0. The van der Waals surface area contributed by atoms with Gasteiger partial charge in [0.1, 0.15) is 6.61 Å². The number of amides is 2. The van der Waals surface area contributed by atoms with E-state index >= 15 is 0 Å². The molecule has 7 heteroatoms. The minimum atomic E-state index is -0.807. The van der Waals surface area contributed by atoms with Crippen molar-refractivity contribution in [3.05, 3.63) is 59.7 Å². The number of benzene rings is 2. The summed E-state index contributed by atoms with van der Waals surface area (Å²) in [5.41, 5.74) is 4.70. The van der Waals surface area contributed by atoms with Crippen LogP contribution in [0.1, 0.15) is 56.1 Å². The second-order valence-electron chi connectivity index (χ2n) is 9.96. The number of nitrogens with one attached hydrogen (secondary N) is 1. The molecule has 4 atom stereocenters. The van der Waals surface area contributed by atoms with Gasteiger partial charge in [0.15, 0.2) is 0 Å². The number of carboxylic acids is 1. The average Bonchev–Trinajstić information content (AvgIpc) is 3.55. The van der Waals surface area contributed by atoms with Gasteiger partial charge in [0.05, 0.1) is 5.92 Å². The molecule has 0 radical (unpaired) electrons. The lowest BCUT2D eigenvalue weighted by Crippen LogP contribution is -2.40. The topological polar surface area (TPSA) is 95.9 Å². The fourth-order valence-electron chi connectivity index (χ4n) is 6.23. The van der Waals surface area contributed by atoms with Crippen molar-refractivity contribution in [2.75, 3.05) is 13.2 Å². The molecule has 2 fully saturated rings. The highest BCUT2D eigenvalue weighted by molar-refractivity contribution is 5.81. The smallest absolute Gasteiger partial charge is 0.407 e. The van der Waals surface area contributed by atoms with Crippen molar-refractivity contribution in [3.63, 3.8) is 0 Å². The molecule has 184 valence electrons. The summed E-state index contributed by atoms with van der Waals surface area (Å²) >= 11 is 0. The van der Waals surface area contributed by atoms with Gasteiger partial charge in [-0.1, -0.05) is 61.9 Å². The maximum Gasteiger partial charge on any atom is 0.407 e. The lowest BCUT2D eigenvalue weighted by molar-refractivity contribution is -0.143. The van der Waals surface area contributed by atoms with E-state index in [9.17, 15) is 19.5 Å². The maximum absolute atomic E-state index is 13.0. The van der Waals surface area contributed by atoms with Crippen molar-refractivity contribution in [1.82, 2.24) is 10.2 Å². The molecule has 2 aromatic rings. The van der Waals surface area contributed by atoms with Crippen LogP contribution in [0.2, 0.25) is 0 Å². The van der Waals surface area contributed by atoms with Gasteiger partial charge < -0.3 is 20.1 Å². The lowest BCUT2D eigenvalue weighted by Gasteiger charge is -2.25. The van der Waals surface area contributed by atoms with Crippen LogP contribution in [0, 0.1) is 11.8 Å². The summed E-state index contributed by atoms with van der Waals surface area (Å²) in [6, 6.07) is 16.3. The van der Waals surface area contributed by atoms with Crippen LogP contribution in [0.25, 0.3) is 11.1 Å². The van der Waals surface area contributed by atoms with Crippen molar-refractivity contribution >= 4 is 18.0 Å². The Labute approximate surface area is 205 Å². The second-order valence-corrected chi connectivity index (χ2v) is 9.96. The monoisotopic (exact) mass is 476 g/mol. The molecule has 3 aliphatic rings. The first-order valence-electron chi connectivity index (χ1n) is 12.6. The zero-order valence-corrected chi connectivity index (χ0v) is 20.0. The first-order chi connectivity index (χ1) is 17.0. The molecule has 7 nitrogen and oxygen atoms in total. The van der Waals surface area contributed by atoms with Crippen molar-refractivity contribution in [2.45, 2.75) is 57.0 Å². The summed E-state index contributed by atoms with van der Waals surface area (Å²) in [5.74, 6) is -1.27. The lowest BCUT2D eigenvalue weighted by atomic mass is 9.89. The number of alkyl carbamates (subject to hydrolysis) is 1. The molecule has 0 aromatic heterocycles. The van der Waals surface area contributed by atoms with E-state index < -0.39 is 18.0 Å². The number of carbonyl (C=O) groups excluding carboxylic acids is 2. The van der Waals surface area contributed by atoms with E-state index in [0.717, 1.165) is 19.3 Å². The molecule has 2 aromatic carbocycles. The van der Waals surface area contributed by atoms with Crippen molar-refractivity contribution < 1.29 is 24.2 Å². The van der Waals surface area contributed by atoms with Gasteiger partial charge in [-0.15, -0.1) is 0 Å². The molecule has 2 saturated heterocycles. The van der Waals surface area contributed by atoms with Gasteiger partial charge in [-0.05, 0) is 47.4 Å². The van der Waals surface area contributed by atoms with E-state index in [1.54, 1.807) is 0 Å². The van der Waals surface area contributed by atoms with Crippen LogP contribution in [0.15, 0.2) is 48.5 Å². The number of nitrogens with zero attached hydrogens (tertiary/aromatic N) is 1. The van der Waals surface area contributed by atoms with Crippen LogP contribution >= 0.6 is 0 Å². The van der Waals surface area contributed by atoms with E-state index in [-0.39, 0.29) is 36.4 Å². The van der Waals surface area contributed by atoms with E-state index in [0.29, 0.717) is 19.4 Å². The van der Waals surface area contributed by atoms with Crippen LogP contribution in [-0.2, 0) is 14.3 Å². The zero-order chi connectivity index (χ0) is 24.5. The summed E-state index contributed by atoms with van der Waals surface area (Å²) in [4.78, 5) is 38.9. The van der Waals surface area contributed by atoms with Gasteiger partial charge in [-0.3, -0.25) is 9.59 Å². The maximum atomic E-state index is 13.0. The summed E-state index contributed by atoms with van der Waals surface area (Å²) in [7, 11) is 0. The molecule has 5 rings (SSSR count). The fraction of sp³-hybridized carbons (Fsp3) is 0.464. The van der Waals surface area contributed by atoms with Crippen molar-refractivity contribution in [2.24, 2.45) is 11.8 Å². The number of rotatable bonds is 8. The molecule has 2 amide bonds. The zero-order valence-electron chi connectivity index (χ0n) is 20.0. The molecular formula is C28H32N2O5. The average molecular weight is 477 g/mol. The molecule has 2 aliphatic heterocycles. The van der Waals surface area contributed by atoms with Crippen LogP contribution in [0.3, 0.4) is 0 Å². The Morgan fingerprint density at radius 1 is 1.06 bits per heavy atom. The van der Waals surface area contributed by atoms with Gasteiger partial charge in [-0.25, -0.2) is 4.79 Å². The Balaban J connectivity index is 1.14. The minimum absolute atomic E-state index is 0.00226. The third-order valence-electron chi connectivity index (χ3n) is 8.06. The van der Waals surface area contributed by atoms with Crippen LogP contribution in [-0.4, -0.2) is 53.2 Å². The van der Waals surface area contributed by atoms with Gasteiger partial charge in [0, 0.05) is 31.0 Å². The van der Waals surface area contributed by atoms with Gasteiger partial charge in [-0.2, -0.15) is 0 Å². The highest BCUT2D eigenvalue weighted by Gasteiger charge is 2.51. The van der Waals surface area contributed by atoms with Crippen molar-refractivity contribution in [3.8, 4) is 11.1 Å². The van der Waals surface area contributed by atoms with Crippen LogP contribution in [0.4, 0.5) is 4.79 Å². The quantitative estimate of drug-likeness (QED) is 0.589. The minimum Gasteiger partial charge on any atom is -0.481 e. The summed E-state index contributed by atoms with van der Waals surface area (Å²) < 4.78 is 5.61. The molecular weight excluding hydrogens is 444 g/mol. The molecule has 1 unspecified atom stereocenters. The van der Waals surface area contributed by atoms with Gasteiger partial charge >= 0.3 is 12.1 Å². The number of carbonyl (C=O) groups is 3. The van der Waals surface area contributed by atoms with Crippen LogP contribution in [0.5, 0.6) is 0 Å². The SMILES string of the molecule is CCC(CNC(=O)OCC1c2ccccc2-c2ccccc21)CC(=O)N1[C@@H]2CC[C@H]1[C@@H](C(=O)O)C2. The third kappa shape index (κ3) is 4.40. The molecule has 0 spiro atoms. The third-order valence-corrected chi connectivity index (χ3v) is 8.06. The Hall–Kier alpha value is -3.35. The number of carboxylic acid groups (broad SMARTS) is 1. The van der Waals surface area contributed by atoms with E-state index in [1.165, 1.54) is 22.3 Å². The molecule has 1 aliphatic carbocycles. The summed E-state index contributed by atoms with van der Waals surface area (Å²) in [5, 5.41) is 12.3. The summed E-state index contributed by atoms with van der Waals surface area (Å²) in [6.07, 6.45) is 2.77. The van der Waals surface area contributed by atoms with Gasteiger partial charge in [0.2, 0.25) is 5.91 Å². The Bertz CT molecular complexity index is 1090. The molecule has 2 N–H and O–H groups in total.